The van der Waals surface area contributed by atoms with Crippen LogP contribution in [0, 0.1) is 5.82 Å². The fourth-order valence-corrected chi connectivity index (χ4v) is 1.71. The van der Waals surface area contributed by atoms with Gasteiger partial charge in [0.1, 0.15) is 17.3 Å². The first-order chi connectivity index (χ1) is 8.97. The Bertz CT molecular complexity index is 647. The number of halogens is 2. The second-order valence-electron chi connectivity index (χ2n) is 3.80. The minimum Gasteiger partial charge on any atom is -0.456 e. The molecule has 0 fully saturated rings. The highest BCUT2D eigenvalue weighted by molar-refractivity contribution is 6.32. The SMILES string of the molecule is NC(=O)c1ccc(Oc2ccc(N)cc2Cl)cc1F. The zero-order chi connectivity index (χ0) is 14.0. The lowest BCUT2D eigenvalue weighted by molar-refractivity contribution is 0.0996. The minimum absolute atomic E-state index is 0.198. The molecular weight excluding hydrogens is 271 g/mol. The highest BCUT2D eigenvalue weighted by Crippen LogP contribution is 2.31. The monoisotopic (exact) mass is 280 g/mol. The van der Waals surface area contributed by atoms with Gasteiger partial charge in [-0.05, 0) is 30.3 Å². The highest BCUT2D eigenvalue weighted by Gasteiger charge is 2.10. The van der Waals surface area contributed by atoms with Gasteiger partial charge in [0.05, 0.1) is 10.6 Å². The lowest BCUT2D eigenvalue weighted by atomic mass is 10.2. The summed E-state index contributed by atoms with van der Waals surface area (Å²) < 4.78 is 18.9. The maximum absolute atomic E-state index is 13.5. The van der Waals surface area contributed by atoms with Gasteiger partial charge in [0.25, 0.3) is 5.91 Å². The Morgan fingerprint density at radius 2 is 1.95 bits per heavy atom. The molecule has 0 atom stereocenters. The van der Waals surface area contributed by atoms with Gasteiger partial charge in [-0.25, -0.2) is 4.39 Å². The fourth-order valence-electron chi connectivity index (χ4n) is 1.49. The standard InChI is InChI=1S/C13H10ClFN2O2/c14-10-5-7(16)1-4-12(10)19-8-2-3-9(13(17)18)11(15)6-8/h1-6H,16H2,(H2,17,18). The van der Waals surface area contributed by atoms with E-state index in [1.165, 1.54) is 18.2 Å². The number of anilines is 1. The number of benzene rings is 2. The summed E-state index contributed by atoms with van der Waals surface area (Å²) in [5.74, 6) is -1.05. The van der Waals surface area contributed by atoms with Crippen LogP contribution >= 0.6 is 11.6 Å². The molecule has 6 heteroatoms. The van der Waals surface area contributed by atoms with Gasteiger partial charge in [-0.15, -0.1) is 0 Å². The van der Waals surface area contributed by atoms with E-state index in [1.807, 2.05) is 0 Å². The van der Waals surface area contributed by atoms with E-state index in [1.54, 1.807) is 12.1 Å². The molecule has 4 N–H and O–H groups in total. The first-order valence-corrected chi connectivity index (χ1v) is 5.67. The molecule has 4 nitrogen and oxygen atoms in total. The van der Waals surface area contributed by atoms with Crippen molar-refractivity contribution in [3.05, 3.63) is 52.8 Å². The summed E-state index contributed by atoms with van der Waals surface area (Å²) in [6.07, 6.45) is 0. The molecule has 2 rings (SSSR count). The maximum atomic E-state index is 13.5. The van der Waals surface area contributed by atoms with Crippen LogP contribution in [0.1, 0.15) is 10.4 Å². The molecular formula is C13H10ClFN2O2. The van der Waals surface area contributed by atoms with E-state index >= 15 is 0 Å². The molecule has 19 heavy (non-hydrogen) atoms. The van der Waals surface area contributed by atoms with E-state index in [0.29, 0.717) is 16.5 Å². The summed E-state index contributed by atoms with van der Waals surface area (Å²) in [5, 5.41) is 0.305. The first kappa shape index (κ1) is 13.2. The molecule has 0 aliphatic rings. The number of ether oxygens (including phenoxy) is 1. The number of primary amides is 1. The third-order valence-electron chi connectivity index (χ3n) is 2.39. The third kappa shape index (κ3) is 2.95. The van der Waals surface area contributed by atoms with Crippen molar-refractivity contribution < 1.29 is 13.9 Å². The normalized spacial score (nSPS) is 10.2. The van der Waals surface area contributed by atoms with Crippen LogP contribution < -0.4 is 16.2 Å². The zero-order valence-corrected chi connectivity index (χ0v) is 10.4. The van der Waals surface area contributed by atoms with Gasteiger partial charge in [0.2, 0.25) is 0 Å². The molecule has 1 amide bonds. The number of nitrogen functional groups attached to an aromatic ring is 1. The van der Waals surface area contributed by atoms with Crippen molar-refractivity contribution in [2.45, 2.75) is 0 Å². The summed E-state index contributed by atoms with van der Waals surface area (Å²) in [5.41, 5.74) is 10.8. The van der Waals surface area contributed by atoms with Gasteiger partial charge in [-0.1, -0.05) is 11.6 Å². The van der Waals surface area contributed by atoms with Crippen molar-refractivity contribution in [3.63, 3.8) is 0 Å². The Morgan fingerprint density at radius 1 is 1.21 bits per heavy atom. The lowest BCUT2D eigenvalue weighted by Gasteiger charge is -2.09. The molecule has 0 saturated heterocycles. The Morgan fingerprint density at radius 3 is 2.53 bits per heavy atom. The molecule has 2 aromatic rings. The van der Waals surface area contributed by atoms with Crippen LogP contribution in [0.2, 0.25) is 5.02 Å². The molecule has 0 unspecified atom stereocenters. The predicted octanol–water partition coefficient (Wildman–Crippen LogP) is 2.95. The number of nitrogens with two attached hydrogens (primary N) is 2. The molecule has 0 radical (unpaired) electrons. The molecule has 0 aliphatic carbocycles. The van der Waals surface area contributed by atoms with Crippen molar-refractivity contribution in [3.8, 4) is 11.5 Å². The topological polar surface area (TPSA) is 78.3 Å². The van der Waals surface area contributed by atoms with E-state index in [9.17, 15) is 9.18 Å². The number of hydrogen-bond acceptors (Lipinski definition) is 3. The first-order valence-electron chi connectivity index (χ1n) is 5.29. The van der Waals surface area contributed by atoms with E-state index in [2.05, 4.69) is 0 Å². The quantitative estimate of drug-likeness (QED) is 0.849. The smallest absolute Gasteiger partial charge is 0.251 e. The fraction of sp³-hybridized carbons (Fsp3) is 0. The second kappa shape index (κ2) is 5.16. The van der Waals surface area contributed by atoms with Crippen molar-refractivity contribution in [1.82, 2.24) is 0 Å². The minimum atomic E-state index is -0.838. The van der Waals surface area contributed by atoms with Gasteiger partial charge in [0, 0.05) is 11.8 Å². The van der Waals surface area contributed by atoms with Gasteiger partial charge >= 0.3 is 0 Å². The summed E-state index contributed by atoms with van der Waals surface area (Å²) in [4.78, 5) is 10.9. The van der Waals surface area contributed by atoms with Crippen molar-refractivity contribution in [2.24, 2.45) is 5.73 Å². The van der Waals surface area contributed by atoms with Crippen LogP contribution in [0.25, 0.3) is 0 Å². The summed E-state index contributed by atoms with van der Waals surface area (Å²) in [7, 11) is 0. The summed E-state index contributed by atoms with van der Waals surface area (Å²) >= 11 is 5.93. The van der Waals surface area contributed by atoms with E-state index in [-0.39, 0.29) is 11.3 Å². The molecule has 0 aliphatic heterocycles. The Hall–Kier alpha value is -2.27. The third-order valence-corrected chi connectivity index (χ3v) is 2.69. The molecule has 2 aromatic carbocycles. The van der Waals surface area contributed by atoms with Gasteiger partial charge in [-0.3, -0.25) is 4.79 Å². The average Bonchev–Trinajstić information content (AvgIpc) is 2.32. The zero-order valence-electron chi connectivity index (χ0n) is 9.69. The van der Waals surface area contributed by atoms with Crippen LogP contribution in [0.5, 0.6) is 11.5 Å². The van der Waals surface area contributed by atoms with Crippen molar-refractivity contribution in [2.75, 3.05) is 5.73 Å². The maximum Gasteiger partial charge on any atom is 0.251 e. The van der Waals surface area contributed by atoms with Crippen LogP contribution in [0.3, 0.4) is 0 Å². The largest absolute Gasteiger partial charge is 0.456 e. The van der Waals surface area contributed by atoms with E-state index < -0.39 is 11.7 Å². The molecule has 98 valence electrons. The highest BCUT2D eigenvalue weighted by atomic mass is 35.5. The number of carbonyl (C=O) groups is 1. The van der Waals surface area contributed by atoms with Crippen molar-refractivity contribution >= 4 is 23.2 Å². The number of hydrogen-bond donors (Lipinski definition) is 2. The second-order valence-corrected chi connectivity index (χ2v) is 4.21. The van der Waals surface area contributed by atoms with Crippen LogP contribution in [-0.2, 0) is 0 Å². The Kier molecular flexibility index (Phi) is 3.57. The number of rotatable bonds is 3. The number of carbonyl (C=O) groups excluding carboxylic acids is 1. The van der Waals surface area contributed by atoms with Crippen LogP contribution in [0.15, 0.2) is 36.4 Å². The summed E-state index contributed by atoms with van der Waals surface area (Å²) in [6.45, 7) is 0. The van der Waals surface area contributed by atoms with Crippen LogP contribution in [0.4, 0.5) is 10.1 Å². The predicted molar refractivity (Wildman–Crippen MR) is 70.9 cm³/mol. The van der Waals surface area contributed by atoms with E-state index in [4.69, 9.17) is 27.8 Å². The van der Waals surface area contributed by atoms with Gasteiger partial charge in [-0.2, -0.15) is 0 Å². The summed E-state index contributed by atoms with van der Waals surface area (Å²) in [6, 6.07) is 8.43. The molecule has 0 saturated carbocycles. The van der Waals surface area contributed by atoms with Crippen LogP contribution in [-0.4, -0.2) is 5.91 Å². The molecule has 0 aromatic heterocycles. The molecule has 0 heterocycles. The Balaban J connectivity index is 2.29. The average molecular weight is 281 g/mol. The van der Waals surface area contributed by atoms with Crippen molar-refractivity contribution in [1.29, 1.82) is 0 Å². The van der Waals surface area contributed by atoms with E-state index in [0.717, 1.165) is 6.07 Å². The lowest BCUT2D eigenvalue weighted by Crippen LogP contribution is -2.12. The molecule has 0 bridgehead atoms. The molecule has 0 spiro atoms. The number of amides is 1. The Labute approximate surface area is 113 Å². The van der Waals surface area contributed by atoms with Gasteiger partial charge in [0.15, 0.2) is 0 Å². The van der Waals surface area contributed by atoms with Gasteiger partial charge < -0.3 is 16.2 Å².